The van der Waals surface area contributed by atoms with E-state index in [-0.39, 0.29) is 6.42 Å². The van der Waals surface area contributed by atoms with Gasteiger partial charge in [0.25, 0.3) is 6.43 Å². The van der Waals surface area contributed by atoms with Crippen LogP contribution in [-0.2, 0) is 4.74 Å². The number of alkyl carbamates (subject to hydrolysis) is 1. The molecule has 0 aliphatic carbocycles. The highest BCUT2D eigenvalue weighted by Gasteiger charge is 2.25. The Labute approximate surface area is 123 Å². The Morgan fingerprint density at radius 2 is 1.86 bits per heavy atom. The van der Waals surface area contributed by atoms with Crippen molar-refractivity contribution in [1.82, 2.24) is 5.32 Å². The van der Waals surface area contributed by atoms with Gasteiger partial charge < -0.3 is 15.8 Å². The van der Waals surface area contributed by atoms with Gasteiger partial charge in [-0.15, -0.1) is 0 Å². The number of nitrogens with one attached hydrogen (secondary N) is 1. The number of hydrogen-bond donors (Lipinski definition) is 2. The van der Waals surface area contributed by atoms with Crippen molar-refractivity contribution in [3.8, 4) is 0 Å². The van der Waals surface area contributed by atoms with Crippen LogP contribution in [0.1, 0.15) is 38.8 Å². The second-order valence-electron chi connectivity index (χ2n) is 5.84. The minimum Gasteiger partial charge on any atom is -0.444 e. The number of benzene rings is 1. The van der Waals surface area contributed by atoms with E-state index in [0.29, 0.717) is 5.56 Å². The first-order chi connectivity index (χ1) is 9.69. The lowest BCUT2D eigenvalue weighted by Gasteiger charge is -2.25. The molecule has 1 aromatic rings. The zero-order valence-electron chi connectivity index (χ0n) is 12.5. The van der Waals surface area contributed by atoms with Gasteiger partial charge in [0.2, 0.25) is 0 Å². The number of halogens is 2. The van der Waals surface area contributed by atoms with Crippen molar-refractivity contribution in [2.75, 3.05) is 0 Å². The molecule has 0 radical (unpaired) electrons. The van der Waals surface area contributed by atoms with E-state index in [4.69, 9.17) is 10.5 Å². The minimum atomic E-state index is -2.64. The van der Waals surface area contributed by atoms with E-state index in [1.807, 2.05) is 0 Å². The fourth-order valence-corrected chi connectivity index (χ4v) is 1.79. The maximum absolute atomic E-state index is 12.6. The summed E-state index contributed by atoms with van der Waals surface area (Å²) in [5.74, 6) is 0. The number of hydrogen-bond acceptors (Lipinski definition) is 3. The van der Waals surface area contributed by atoms with Crippen LogP contribution in [-0.4, -0.2) is 24.2 Å². The zero-order chi connectivity index (χ0) is 16.0. The molecule has 2 unspecified atom stereocenters. The molecule has 1 aromatic carbocycles. The smallest absolute Gasteiger partial charge is 0.408 e. The van der Waals surface area contributed by atoms with E-state index in [0.717, 1.165) is 0 Å². The first kappa shape index (κ1) is 17.4. The van der Waals surface area contributed by atoms with Crippen LogP contribution in [0.5, 0.6) is 0 Å². The van der Waals surface area contributed by atoms with Gasteiger partial charge in [0.05, 0.1) is 12.1 Å². The number of rotatable bonds is 5. The number of carbonyl (C=O) groups excluding carboxylic acids is 1. The Bertz CT molecular complexity index is 447. The van der Waals surface area contributed by atoms with Crippen molar-refractivity contribution < 1.29 is 18.3 Å². The number of nitrogens with two attached hydrogens (primary N) is 1. The van der Waals surface area contributed by atoms with Crippen molar-refractivity contribution in [2.45, 2.75) is 51.3 Å². The van der Waals surface area contributed by atoms with E-state index in [1.165, 1.54) is 0 Å². The number of alkyl halides is 2. The van der Waals surface area contributed by atoms with Gasteiger partial charge in [-0.25, -0.2) is 13.6 Å². The molecule has 0 aliphatic rings. The Morgan fingerprint density at radius 1 is 1.29 bits per heavy atom. The molecule has 0 aliphatic heterocycles. The van der Waals surface area contributed by atoms with Gasteiger partial charge in [-0.05, 0) is 32.8 Å². The van der Waals surface area contributed by atoms with Crippen molar-refractivity contribution in [2.24, 2.45) is 5.73 Å². The molecule has 0 bridgehead atoms. The Balaban J connectivity index is 2.80. The van der Waals surface area contributed by atoms with Gasteiger partial charge in [-0.3, -0.25) is 0 Å². The van der Waals surface area contributed by atoms with Crippen LogP contribution in [0.15, 0.2) is 30.3 Å². The average molecular weight is 300 g/mol. The summed E-state index contributed by atoms with van der Waals surface area (Å²) in [6.07, 6.45) is -3.37. The van der Waals surface area contributed by atoms with E-state index < -0.39 is 30.2 Å². The van der Waals surface area contributed by atoms with Crippen molar-refractivity contribution in [1.29, 1.82) is 0 Å². The summed E-state index contributed by atoms with van der Waals surface area (Å²) in [5.41, 5.74) is 5.47. The van der Waals surface area contributed by atoms with Crippen LogP contribution in [0.3, 0.4) is 0 Å². The van der Waals surface area contributed by atoms with Gasteiger partial charge in [0.1, 0.15) is 5.60 Å². The third kappa shape index (κ3) is 6.53. The van der Waals surface area contributed by atoms with Crippen LogP contribution in [0.25, 0.3) is 0 Å². The first-order valence-electron chi connectivity index (χ1n) is 6.77. The van der Waals surface area contributed by atoms with E-state index in [2.05, 4.69) is 5.32 Å². The molecule has 4 nitrogen and oxygen atoms in total. The Morgan fingerprint density at radius 3 is 2.33 bits per heavy atom. The number of amides is 1. The van der Waals surface area contributed by atoms with Crippen molar-refractivity contribution >= 4 is 6.09 Å². The highest BCUT2D eigenvalue weighted by molar-refractivity contribution is 5.68. The molecule has 0 saturated carbocycles. The summed E-state index contributed by atoms with van der Waals surface area (Å²) in [4.78, 5) is 11.8. The fourth-order valence-electron chi connectivity index (χ4n) is 1.79. The Kier molecular flexibility index (Phi) is 6.08. The van der Waals surface area contributed by atoms with Gasteiger partial charge in [-0.1, -0.05) is 30.3 Å². The molecule has 1 amide bonds. The first-order valence-corrected chi connectivity index (χ1v) is 6.77. The Hall–Kier alpha value is -1.69. The lowest BCUT2D eigenvalue weighted by atomic mass is 10.00. The van der Waals surface area contributed by atoms with Crippen molar-refractivity contribution in [3.05, 3.63) is 35.9 Å². The quantitative estimate of drug-likeness (QED) is 0.877. The van der Waals surface area contributed by atoms with Crippen molar-refractivity contribution in [3.63, 3.8) is 0 Å². The highest BCUT2D eigenvalue weighted by atomic mass is 19.3. The van der Waals surface area contributed by atoms with Gasteiger partial charge in [-0.2, -0.15) is 0 Å². The normalized spacial score (nSPS) is 14.6. The summed E-state index contributed by atoms with van der Waals surface area (Å²) in [6, 6.07) is 6.91. The molecule has 0 fully saturated rings. The molecule has 1 rings (SSSR count). The van der Waals surface area contributed by atoms with Gasteiger partial charge >= 0.3 is 6.09 Å². The maximum Gasteiger partial charge on any atom is 0.408 e. The summed E-state index contributed by atoms with van der Waals surface area (Å²) in [5, 5.41) is 2.60. The van der Waals surface area contributed by atoms with E-state index in [1.54, 1.807) is 51.1 Å². The SMILES string of the molecule is CC(C)(C)OC(=O)NC(CC(N)C(F)F)c1ccccc1. The lowest BCUT2D eigenvalue weighted by molar-refractivity contribution is 0.0482. The predicted molar refractivity (Wildman–Crippen MR) is 77.1 cm³/mol. The molecule has 21 heavy (non-hydrogen) atoms. The summed E-state index contributed by atoms with van der Waals surface area (Å²) >= 11 is 0. The lowest BCUT2D eigenvalue weighted by Crippen LogP contribution is -2.39. The highest BCUT2D eigenvalue weighted by Crippen LogP contribution is 2.21. The second kappa shape index (κ2) is 7.36. The molecule has 0 heterocycles. The zero-order valence-corrected chi connectivity index (χ0v) is 12.5. The van der Waals surface area contributed by atoms with Crippen LogP contribution in [0.4, 0.5) is 13.6 Å². The molecule has 0 aromatic heterocycles. The number of ether oxygens (including phenoxy) is 1. The maximum atomic E-state index is 12.6. The standard InChI is InChI=1S/C15H22F2N2O2/c1-15(2,3)21-14(20)19-12(9-11(18)13(16)17)10-7-5-4-6-8-10/h4-8,11-13H,9,18H2,1-3H3,(H,19,20). The fraction of sp³-hybridized carbons (Fsp3) is 0.533. The molecular formula is C15H22F2N2O2. The molecule has 0 spiro atoms. The molecule has 118 valence electrons. The molecular weight excluding hydrogens is 278 g/mol. The molecule has 0 saturated heterocycles. The summed E-state index contributed by atoms with van der Waals surface area (Å²) in [6.45, 7) is 5.19. The van der Waals surface area contributed by atoms with E-state index in [9.17, 15) is 13.6 Å². The largest absolute Gasteiger partial charge is 0.444 e. The monoisotopic (exact) mass is 300 g/mol. The topological polar surface area (TPSA) is 64.3 Å². The third-order valence-corrected chi connectivity index (χ3v) is 2.72. The van der Waals surface area contributed by atoms with E-state index >= 15 is 0 Å². The number of carbonyl (C=O) groups is 1. The minimum absolute atomic E-state index is 0.0685. The van der Waals surface area contributed by atoms with Crippen LogP contribution in [0, 0.1) is 0 Å². The molecule has 3 N–H and O–H groups in total. The van der Waals surface area contributed by atoms with Crippen LogP contribution >= 0.6 is 0 Å². The van der Waals surface area contributed by atoms with Crippen LogP contribution in [0.2, 0.25) is 0 Å². The predicted octanol–water partition coefficient (Wildman–Crippen LogP) is 3.23. The molecule has 2 atom stereocenters. The van der Waals surface area contributed by atoms with Gasteiger partial charge in [0.15, 0.2) is 0 Å². The van der Waals surface area contributed by atoms with Crippen LogP contribution < -0.4 is 11.1 Å². The summed E-state index contributed by atoms with van der Waals surface area (Å²) in [7, 11) is 0. The molecule has 6 heteroatoms. The average Bonchev–Trinajstić information content (AvgIpc) is 2.36. The van der Waals surface area contributed by atoms with Gasteiger partial charge in [0, 0.05) is 0 Å². The summed E-state index contributed by atoms with van der Waals surface area (Å²) < 4.78 is 30.4. The second-order valence-corrected chi connectivity index (χ2v) is 5.84. The third-order valence-electron chi connectivity index (χ3n) is 2.72.